The van der Waals surface area contributed by atoms with Crippen LogP contribution in [0, 0.1) is 0 Å². The molecule has 5 nitrogen and oxygen atoms in total. The SMILES string of the molecule is CCCc1noc(CN2CCOC(C)C2)n1. The summed E-state index contributed by atoms with van der Waals surface area (Å²) in [6.07, 6.45) is 2.24. The molecule has 1 saturated heterocycles. The Hall–Kier alpha value is -0.940. The zero-order chi connectivity index (χ0) is 11.4. The van der Waals surface area contributed by atoms with Gasteiger partial charge in [0.25, 0.3) is 0 Å². The molecule has 0 spiro atoms. The number of morpholine rings is 1. The van der Waals surface area contributed by atoms with Crippen molar-refractivity contribution < 1.29 is 9.26 Å². The summed E-state index contributed by atoms with van der Waals surface area (Å²) in [6, 6.07) is 0. The predicted octanol–water partition coefficient (Wildman–Crippen LogP) is 1.24. The second-order valence-electron chi connectivity index (χ2n) is 4.27. The van der Waals surface area contributed by atoms with Crippen molar-refractivity contribution in [3.63, 3.8) is 0 Å². The molecule has 1 aromatic rings. The Bertz CT molecular complexity index is 327. The van der Waals surface area contributed by atoms with Crippen LogP contribution < -0.4 is 0 Å². The number of nitrogens with zero attached hydrogens (tertiary/aromatic N) is 3. The lowest BCUT2D eigenvalue weighted by Crippen LogP contribution is -2.40. The maximum absolute atomic E-state index is 5.48. The van der Waals surface area contributed by atoms with Gasteiger partial charge in [-0.15, -0.1) is 0 Å². The second-order valence-corrected chi connectivity index (χ2v) is 4.27. The minimum Gasteiger partial charge on any atom is -0.376 e. The van der Waals surface area contributed by atoms with Gasteiger partial charge in [-0.1, -0.05) is 12.1 Å². The van der Waals surface area contributed by atoms with E-state index in [0.29, 0.717) is 6.10 Å². The molecule has 0 radical (unpaired) electrons. The van der Waals surface area contributed by atoms with E-state index in [1.807, 2.05) is 0 Å². The normalized spacial score (nSPS) is 22.5. The van der Waals surface area contributed by atoms with Gasteiger partial charge < -0.3 is 9.26 Å². The van der Waals surface area contributed by atoms with E-state index >= 15 is 0 Å². The van der Waals surface area contributed by atoms with Crippen LogP contribution in [-0.4, -0.2) is 40.8 Å². The van der Waals surface area contributed by atoms with Crippen molar-refractivity contribution in [1.82, 2.24) is 15.0 Å². The van der Waals surface area contributed by atoms with Crippen molar-refractivity contribution in [1.29, 1.82) is 0 Å². The summed E-state index contributed by atoms with van der Waals surface area (Å²) >= 11 is 0. The van der Waals surface area contributed by atoms with Crippen molar-refractivity contribution in [3.05, 3.63) is 11.7 Å². The van der Waals surface area contributed by atoms with Crippen LogP contribution in [0.25, 0.3) is 0 Å². The Balaban J connectivity index is 1.87. The number of hydrogen-bond donors (Lipinski definition) is 0. The molecule has 16 heavy (non-hydrogen) atoms. The highest BCUT2D eigenvalue weighted by atomic mass is 16.5. The fourth-order valence-corrected chi connectivity index (χ4v) is 1.91. The van der Waals surface area contributed by atoms with Crippen LogP contribution in [0.2, 0.25) is 0 Å². The van der Waals surface area contributed by atoms with Gasteiger partial charge in [0.2, 0.25) is 5.89 Å². The number of aryl methyl sites for hydroxylation is 1. The Morgan fingerprint density at radius 1 is 1.50 bits per heavy atom. The van der Waals surface area contributed by atoms with E-state index in [1.165, 1.54) is 0 Å². The van der Waals surface area contributed by atoms with Crippen molar-refractivity contribution in [2.45, 2.75) is 39.3 Å². The van der Waals surface area contributed by atoms with E-state index in [9.17, 15) is 0 Å². The highest BCUT2D eigenvalue weighted by Gasteiger charge is 2.18. The molecule has 0 saturated carbocycles. The molecule has 1 unspecified atom stereocenters. The zero-order valence-electron chi connectivity index (χ0n) is 9.98. The third kappa shape index (κ3) is 3.02. The maximum atomic E-state index is 5.48. The summed E-state index contributed by atoms with van der Waals surface area (Å²) in [7, 11) is 0. The van der Waals surface area contributed by atoms with Crippen LogP contribution in [0.5, 0.6) is 0 Å². The van der Waals surface area contributed by atoms with Gasteiger partial charge in [-0.2, -0.15) is 4.98 Å². The molecule has 0 aliphatic carbocycles. The molecule has 0 bridgehead atoms. The minimum absolute atomic E-state index is 0.298. The molecular weight excluding hydrogens is 206 g/mol. The summed E-state index contributed by atoms with van der Waals surface area (Å²) in [5.41, 5.74) is 0. The zero-order valence-corrected chi connectivity index (χ0v) is 9.98. The van der Waals surface area contributed by atoms with Gasteiger partial charge in [-0.05, 0) is 13.3 Å². The Morgan fingerprint density at radius 2 is 2.38 bits per heavy atom. The van der Waals surface area contributed by atoms with Crippen LogP contribution in [0.3, 0.4) is 0 Å². The van der Waals surface area contributed by atoms with E-state index < -0.39 is 0 Å². The first-order chi connectivity index (χ1) is 7.78. The molecular formula is C11H19N3O2. The molecule has 5 heteroatoms. The average Bonchev–Trinajstić information content (AvgIpc) is 2.66. The Labute approximate surface area is 95.8 Å². The first-order valence-electron chi connectivity index (χ1n) is 5.93. The predicted molar refractivity (Wildman–Crippen MR) is 59.0 cm³/mol. The molecule has 1 aliphatic heterocycles. The lowest BCUT2D eigenvalue weighted by Gasteiger charge is -2.29. The van der Waals surface area contributed by atoms with Crippen LogP contribution in [-0.2, 0) is 17.7 Å². The van der Waals surface area contributed by atoms with Gasteiger partial charge in [0.05, 0.1) is 19.3 Å². The fraction of sp³-hybridized carbons (Fsp3) is 0.818. The van der Waals surface area contributed by atoms with Crippen LogP contribution in [0.4, 0.5) is 0 Å². The van der Waals surface area contributed by atoms with Crippen molar-refractivity contribution >= 4 is 0 Å². The molecule has 0 aromatic carbocycles. The molecule has 1 aromatic heterocycles. The van der Waals surface area contributed by atoms with E-state index in [2.05, 4.69) is 28.9 Å². The smallest absolute Gasteiger partial charge is 0.240 e. The summed E-state index contributed by atoms with van der Waals surface area (Å²) in [5.74, 6) is 1.54. The third-order valence-electron chi connectivity index (χ3n) is 2.67. The number of ether oxygens (including phenoxy) is 1. The number of rotatable bonds is 4. The highest BCUT2D eigenvalue weighted by Crippen LogP contribution is 2.09. The average molecular weight is 225 g/mol. The van der Waals surface area contributed by atoms with E-state index in [4.69, 9.17) is 9.26 Å². The lowest BCUT2D eigenvalue weighted by molar-refractivity contribution is -0.0240. The van der Waals surface area contributed by atoms with Gasteiger partial charge in [-0.3, -0.25) is 4.90 Å². The van der Waals surface area contributed by atoms with Crippen molar-refractivity contribution in [2.24, 2.45) is 0 Å². The summed E-state index contributed by atoms with van der Waals surface area (Å²) in [4.78, 5) is 6.65. The monoisotopic (exact) mass is 225 g/mol. The number of aromatic nitrogens is 2. The molecule has 0 N–H and O–H groups in total. The van der Waals surface area contributed by atoms with Crippen LogP contribution in [0.15, 0.2) is 4.52 Å². The first kappa shape index (κ1) is 11.5. The first-order valence-corrected chi connectivity index (χ1v) is 5.93. The summed E-state index contributed by atoms with van der Waals surface area (Å²) < 4.78 is 10.7. The molecule has 1 atom stereocenters. The standard InChI is InChI=1S/C11H19N3O2/c1-3-4-10-12-11(16-13-10)8-14-5-6-15-9(2)7-14/h9H,3-8H2,1-2H3. The Kier molecular flexibility index (Phi) is 3.90. The van der Waals surface area contributed by atoms with Crippen LogP contribution in [0.1, 0.15) is 32.0 Å². The van der Waals surface area contributed by atoms with Gasteiger partial charge in [0, 0.05) is 19.5 Å². The largest absolute Gasteiger partial charge is 0.376 e. The third-order valence-corrected chi connectivity index (χ3v) is 2.67. The van der Waals surface area contributed by atoms with E-state index in [0.717, 1.165) is 50.8 Å². The second kappa shape index (κ2) is 5.41. The fourth-order valence-electron chi connectivity index (χ4n) is 1.91. The summed E-state index contributed by atoms with van der Waals surface area (Å²) in [5, 5.41) is 3.95. The van der Waals surface area contributed by atoms with Crippen molar-refractivity contribution in [3.8, 4) is 0 Å². The van der Waals surface area contributed by atoms with Crippen molar-refractivity contribution in [2.75, 3.05) is 19.7 Å². The molecule has 2 rings (SSSR count). The minimum atomic E-state index is 0.298. The van der Waals surface area contributed by atoms with Crippen LogP contribution >= 0.6 is 0 Å². The van der Waals surface area contributed by atoms with Gasteiger partial charge in [-0.25, -0.2) is 0 Å². The highest BCUT2D eigenvalue weighted by molar-refractivity contribution is 4.87. The van der Waals surface area contributed by atoms with Gasteiger partial charge in [0.1, 0.15) is 0 Å². The molecule has 0 amide bonds. The molecule has 2 heterocycles. The van der Waals surface area contributed by atoms with E-state index in [1.54, 1.807) is 0 Å². The van der Waals surface area contributed by atoms with Gasteiger partial charge in [0.15, 0.2) is 5.82 Å². The Morgan fingerprint density at radius 3 is 3.12 bits per heavy atom. The number of hydrogen-bond acceptors (Lipinski definition) is 5. The maximum Gasteiger partial charge on any atom is 0.240 e. The lowest BCUT2D eigenvalue weighted by atomic mass is 10.3. The molecule has 90 valence electrons. The molecule has 1 fully saturated rings. The quantitative estimate of drug-likeness (QED) is 0.771. The molecule has 1 aliphatic rings. The topological polar surface area (TPSA) is 51.4 Å². The van der Waals surface area contributed by atoms with Gasteiger partial charge >= 0.3 is 0 Å². The van der Waals surface area contributed by atoms with E-state index in [-0.39, 0.29) is 0 Å². The summed E-state index contributed by atoms with van der Waals surface area (Å²) in [6.45, 7) is 7.60.